The van der Waals surface area contributed by atoms with E-state index in [1.165, 1.54) is 5.69 Å². The fraction of sp³-hybridized carbons (Fsp3) is 0.500. The molecule has 0 bridgehead atoms. The Morgan fingerprint density at radius 2 is 1.73 bits per heavy atom. The molecule has 0 saturated carbocycles. The fourth-order valence-corrected chi connectivity index (χ4v) is 4.11. The van der Waals surface area contributed by atoms with Crippen LogP contribution in [0.15, 0.2) is 28.7 Å². The molecule has 0 radical (unpaired) electrons. The molecule has 1 aromatic carbocycles. The van der Waals surface area contributed by atoms with Crippen LogP contribution in [0, 0.1) is 0 Å². The van der Waals surface area contributed by atoms with Crippen LogP contribution in [0.4, 0.5) is 5.69 Å². The van der Waals surface area contributed by atoms with Crippen LogP contribution in [0.3, 0.4) is 0 Å². The van der Waals surface area contributed by atoms with E-state index in [-0.39, 0.29) is 8.07 Å². The number of benzene rings is 1. The van der Waals surface area contributed by atoms with Crippen LogP contribution in [0.25, 0.3) is 0 Å². The zero-order valence-electron chi connectivity index (χ0n) is 9.79. The van der Waals surface area contributed by atoms with Gasteiger partial charge < -0.3 is 5.09 Å². The molecule has 1 nitrogen and oxygen atoms in total. The van der Waals surface area contributed by atoms with E-state index in [0.29, 0.717) is 11.3 Å². The molecule has 0 aliphatic rings. The summed E-state index contributed by atoms with van der Waals surface area (Å²) in [6.45, 7) is 9.15. The normalized spacial score (nSPS) is 11.5. The Morgan fingerprint density at radius 3 is 2.20 bits per heavy atom. The van der Waals surface area contributed by atoms with Crippen LogP contribution in [0.1, 0.15) is 27.7 Å². The number of hydrogen-bond donors (Lipinski definition) is 1. The maximum absolute atomic E-state index is 3.65. The van der Waals surface area contributed by atoms with Gasteiger partial charge in [0.2, 0.25) is 0 Å². The van der Waals surface area contributed by atoms with Crippen LogP contribution in [-0.4, -0.2) is 11.3 Å². The van der Waals surface area contributed by atoms with Gasteiger partial charge in [0.1, 0.15) is 0 Å². The van der Waals surface area contributed by atoms with Crippen molar-refractivity contribution < 1.29 is 0 Å². The van der Waals surface area contributed by atoms with E-state index in [1.54, 1.807) is 0 Å². The van der Waals surface area contributed by atoms with E-state index in [9.17, 15) is 0 Å². The van der Waals surface area contributed by atoms with Gasteiger partial charge in [0.25, 0.3) is 0 Å². The van der Waals surface area contributed by atoms with Gasteiger partial charge in [-0.3, -0.25) is 0 Å². The summed E-state index contributed by atoms with van der Waals surface area (Å²) in [5.74, 6) is 0. The number of rotatable bonds is 4. The standard InChI is InChI=1S/C12H19BrNP/c1-9(2)15(10(3)4)14-12-7-5-6-11(13)8-12/h5-10,14H,1-4H3. The molecule has 0 fully saturated rings. The van der Waals surface area contributed by atoms with Gasteiger partial charge in [-0.05, 0) is 37.6 Å². The van der Waals surface area contributed by atoms with Gasteiger partial charge in [0.15, 0.2) is 0 Å². The molecule has 0 aliphatic heterocycles. The Kier molecular flexibility index (Phi) is 5.08. The maximum Gasteiger partial charge on any atom is 0.0384 e. The molecule has 3 heteroatoms. The van der Waals surface area contributed by atoms with Crippen LogP contribution < -0.4 is 5.09 Å². The summed E-state index contributed by atoms with van der Waals surface area (Å²) in [4.78, 5) is 0. The molecule has 0 atom stereocenters. The Balaban J connectivity index is 2.74. The lowest BCUT2D eigenvalue weighted by Gasteiger charge is -2.27. The predicted octanol–water partition coefficient (Wildman–Crippen LogP) is 5.07. The number of halogens is 1. The molecule has 1 N–H and O–H groups in total. The highest BCUT2D eigenvalue weighted by Crippen LogP contribution is 2.45. The predicted molar refractivity (Wildman–Crippen MR) is 75.0 cm³/mol. The highest BCUT2D eigenvalue weighted by molar-refractivity contribution is 9.10. The van der Waals surface area contributed by atoms with E-state index in [0.717, 1.165) is 4.47 Å². The fourth-order valence-electron chi connectivity index (χ4n) is 1.56. The van der Waals surface area contributed by atoms with Gasteiger partial charge in [-0.1, -0.05) is 49.7 Å². The summed E-state index contributed by atoms with van der Waals surface area (Å²) in [6, 6.07) is 8.39. The quantitative estimate of drug-likeness (QED) is 0.762. The van der Waals surface area contributed by atoms with Crippen molar-refractivity contribution in [1.29, 1.82) is 0 Å². The molecule has 0 aliphatic carbocycles. The third-order valence-electron chi connectivity index (χ3n) is 2.20. The molecule has 15 heavy (non-hydrogen) atoms. The van der Waals surface area contributed by atoms with Crippen LogP contribution in [0.5, 0.6) is 0 Å². The minimum Gasteiger partial charge on any atom is -0.364 e. The molecule has 1 rings (SSSR count). The van der Waals surface area contributed by atoms with Crippen molar-refractivity contribution in [1.82, 2.24) is 0 Å². The van der Waals surface area contributed by atoms with E-state index in [4.69, 9.17) is 0 Å². The monoisotopic (exact) mass is 287 g/mol. The molecule has 1 aromatic rings. The molecule has 0 aromatic heterocycles. The Hall–Kier alpha value is -0.0700. The van der Waals surface area contributed by atoms with Gasteiger partial charge in [-0.15, -0.1) is 0 Å². The Labute approximate surface area is 103 Å². The molecule has 0 spiro atoms. The average molecular weight is 288 g/mol. The number of hydrogen-bond acceptors (Lipinski definition) is 1. The molecule has 0 amide bonds. The molecule has 0 heterocycles. The third-order valence-corrected chi connectivity index (χ3v) is 5.43. The van der Waals surface area contributed by atoms with Gasteiger partial charge in [-0.25, -0.2) is 0 Å². The molecule has 84 valence electrons. The topological polar surface area (TPSA) is 12.0 Å². The second-order valence-electron chi connectivity index (χ2n) is 4.22. The van der Waals surface area contributed by atoms with Gasteiger partial charge >= 0.3 is 0 Å². The first-order valence-corrected chi connectivity index (χ1v) is 7.58. The number of anilines is 1. The van der Waals surface area contributed by atoms with Crippen molar-refractivity contribution in [3.05, 3.63) is 28.7 Å². The Bertz CT molecular complexity index is 304. The van der Waals surface area contributed by atoms with Crippen LogP contribution >= 0.6 is 24.0 Å². The third kappa shape index (κ3) is 4.12. The number of nitrogens with one attached hydrogen (secondary N) is 1. The van der Waals surface area contributed by atoms with Gasteiger partial charge in [0.05, 0.1) is 0 Å². The van der Waals surface area contributed by atoms with Gasteiger partial charge in [-0.2, -0.15) is 0 Å². The van der Waals surface area contributed by atoms with E-state index in [1.807, 2.05) is 0 Å². The minimum atomic E-state index is -0.138. The molecular weight excluding hydrogens is 269 g/mol. The Morgan fingerprint density at radius 1 is 1.13 bits per heavy atom. The zero-order valence-corrected chi connectivity index (χ0v) is 12.3. The molecule has 0 unspecified atom stereocenters. The molecule has 0 saturated heterocycles. The van der Waals surface area contributed by atoms with Crippen LogP contribution in [-0.2, 0) is 0 Å². The summed E-state index contributed by atoms with van der Waals surface area (Å²) in [7, 11) is -0.138. The van der Waals surface area contributed by atoms with E-state index in [2.05, 4.69) is 73.0 Å². The largest absolute Gasteiger partial charge is 0.364 e. The minimum absolute atomic E-state index is 0.138. The van der Waals surface area contributed by atoms with Crippen molar-refractivity contribution in [3.63, 3.8) is 0 Å². The van der Waals surface area contributed by atoms with Crippen molar-refractivity contribution in [3.8, 4) is 0 Å². The van der Waals surface area contributed by atoms with Crippen molar-refractivity contribution in [2.24, 2.45) is 0 Å². The SMILES string of the molecule is CC(C)P(Nc1cccc(Br)c1)C(C)C. The van der Waals surface area contributed by atoms with Gasteiger partial charge in [0, 0.05) is 10.2 Å². The van der Waals surface area contributed by atoms with Crippen molar-refractivity contribution >= 4 is 29.7 Å². The van der Waals surface area contributed by atoms with E-state index < -0.39 is 0 Å². The highest BCUT2D eigenvalue weighted by atomic mass is 79.9. The van der Waals surface area contributed by atoms with Crippen molar-refractivity contribution in [2.45, 2.75) is 39.0 Å². The lowest BCUT2D eigenvalue weighted by molar-refractivity contribution is 1.01. The smallest absolute Gasteiger partial charge is 0.0384 e. The second kappa shape index (κ2) is 5.86. The first-order chi connectivity index (χ1) is 7.00. The molecular formula is C12H19BrNP. The maximum atomic E-state index is 3.65. The summed E-state index contributed by atoms with van der Waals surface area (Å²) < 4.78 is 1.13. The summed E-state index contributed by atoms with van der Waals surface area (Å²) in [5, 5.41) is 3.65. The average Bonchev–Trinajstić information content (AvgIpc) is 2.13. The lowest BCUT2D eigenvalue weighted by Crippen LogP contribution is -2.10. The second-order valence-corrected chi connectivity index (χ2v) is 8.24. The van der Waals surface area contributed by atoms with Crippen molar-refractivity contribution in [2.75, 3.05) is 5.09 Å². The first-order valence-electron chi connectivity index (χ1n) is 5.31. The zero-order chi connectivity index (χ0) is 11.4. The first kappa shape index (κ1) is 13.0. The van der Waals surface area contributed by atoms with E-state index >= 15 is 0 Å². The summed E-state index contributed by atoms with van der Waals surface area (Å²) in [5.41, 5.74) is 2.64. The summed E-state index contributed by atoms with van der Waals surface area (Å²) >= 11 is 3.49. The lowest BCUT2D eigenvalue weighted by atomic mass is 10.3. The highest BCUT2D eigenvalue weighted by Gasteiger charge is 2.16. The summed E-state index contributed by atoms with van der Waals surface area (Å²) in [6.07, 6.45) is 0. The van der Waals surface area contributed by atoms with Crippen LogP contribution in [0.2, 0.25) is 0 Å².